The summed E-state index contributed by atoms with van der Waals surface area (Å²) in [4.78, 5) is 11.3. The Bertz CT molecular complexity index is 274. The summed E-state index contributed by atoms with van der Waals surface area (Å²) in [6, 6.07) is 0.386. The molecular weight excluding hydrogens is 226 g/mol. The summed E-state index contributed by atoms with van der Waals surface area (Å²) in [7, 11) is 1.82. The largest absolute Gasteiger partial charge is 0.381 e. The number of rotatable bonds is 3. The third kappa shape index (κ3) is 3.47. The van der Waals surface area contributed by atoms with Crippen LogP contribution in [0.25, 0.3) is 0 Å². The topological polar surface area (TPSA) is 38.3 Å². The summed E-state index contributed by atoms with van der Waals surface area (Å²) in [6.07, 6.45) is 10.5. The molecule has 3 heteroatoms. The lowest BCUT2D eigenvalue weighted by Crippen LogP contribution is -2.47. The van der Waals surface area contributed by atoms with E-state index in [1.807, 2.05) is 7.11 Å². The van der Waals surface area contributed by atoms with Crippen molar-refractivity contribution in [3.8, 4) is 0 Å². The van der Waals surface area contributed by atoms with Crippen molar-refractivity contribution in [1.82, 2.24) is 5.32 Å². The quantitative estimate of drug-likeness (QED) is 0.840. The molecule has 3 atom stereocenters. The maximum Gasteiger partial charge on any atom is 0.217 e. The molecule has 2 rings (SSSR count). The molecule has 2 saturated carbocycles. The van der Waals surface area contributed by atoms with Gasteiger partial charge in [-0.15, -0.1) is 0 Å². The third-order valence-electron chi connectivity index (χ3n) is 4.83. The molecule has 2 aliphatic rings. The molecule has 3 nitrogen and oxygen atoms in total. The Morgan fingerprint density at radius 2 is 1.83 bits per heavy atom. The van der Waals surface area contributed by atoms with E-state index in [0.29, 0.717) is 18.1 Å². The minimum Gasteiger partial charge on any atom is -0.381 e. The van der Waals surface area contributed by atoms with E-state index in [1.54, 1.807) is 6.92 Å². The highest BCUT2D eigenvalue weighted by atomic mass is 16.5. The van der Waals surface area contributed by atoms with Gasteiger partial charge in [0.25, 0.3) is 0 Å². The van der Waals surface area contributed by atoms with Gasteiger partial charge in [-0.25, -0.2) is 0 Å². The van der Waals surface area contributed by atoms with Crippen LogP contribution in [0.1, 0.15) is 58.3 Å². The molecule has 0 spiro atoms. The van der Waals surface area contributed by atoms with Crippen molar-refractivity contribution in [1.29, 1.82) is 0 Å². The number of ether oxygens (including phenoxy) is 1. The van der Waals surface area contributed by atoms with Crippen molar-refractivity contribution >= 4 is 5.91 Å². The SMILES string of the molecule is CO[C@@H]1CC[C@H](NC(C)=O)[C@@H](C2CCCCC2)C1. The van der Waals surface area contributed by atoms with E-state index >= 15 is 0 Å². The van der Waals surface area contributed by atoms with Crippen LogP contribution in [-0.2, 0) is 9.53 Å². The molecule has 1 amide bonds. The van der Waals surface area contributed by atoms with Gasteiger partial charge in [0, 0.05) is 20.1 Å². The summed E-state index contributed by atoms with van der Waals surface area (Å²) < 4.78 is 5.55. The average Bonchev–Trinajstić information content (AvgIpc) is 2.39. The lowest BCUT2D eigenvalue weighted by Gasteiger charge is -2.41. The van der Waals surface area contributed by atoms with Crippen molar-refractivity contribution < 1.29 is 9.53 Å². The first-order valence-electron chi connectivity index (χ1n) is 7.50. The second kappa shape index (κ2) is 6.55. The molecule has 0 aliphatic heterocycles. The van der Waals surface area contributed by atoms with Crippen LogP contribution in [-0.4, -0.2) is 25.2 Å². The first-order valence-corrected chi connectivity index (χ1v) is 7.50. The fourth-order valence-electron chi connectivity index (χ4n) is 3.90. The molecule has 0 saturated heterocycles. The monoisotopic (exact) mass is 253 g/mol. The molecule has 0 aromatic carbocycles. The molecule has 0 aromatic heterocycles. The maximum absolute atomic E-state index is 11.3. The minimum atomic E-state index is 0.122. The highest BCUT2D eigenvalue weighted by molar-refractivity contribution is 5.73. The lowest BCUT2D eigenvalue weighted by atomic mass is 9.70. The molecular formula is C15H27NO2. The van der Waals surface area contributed by atoms with Crippen LogP contribution in [0.5, 0.6) is 0 Å². The zero-order chi connectivity index (χ0) is 13.0. The Kier molecular flexibility index (Phi) is 5.04. The smallest absolute Gasteiger partial charge is 0.217 e. The predicted molar refractivity (Wildman–Crippen MR) is 72.3 cm³/mol. The van der Waals surface area contributed by atoms with Crippen LogP contribution < -0.4 is 5.32 Å². The van der Waals surface area contributed by atoms with E-state index in [9.17, 15) is 4.79 Å². The van der Waals surface area contributed by atoms with Crippen LogP contribution in [0.15, 0.2) is 0 Å². The van der Waals surface area contributed by atoms with Crippen LogP contribution >= 0.6 is 0 Å². The first-order chi connectivity index (χ1) is 8.70. The van der Waals surface area contributed by atoms with Gasteiger partial charge in [-0.1, -0.05) is 32.1 Å². The molecule has 0 heterocycles. The van der Waals surface area contributed by atoms with Crippen LogP contribution in [0.4, 0.5) is 0 Å². The molecule has 1 N–H and O–H groups in total. The highest BCUT2D eigenvalue weighted by Crippen LogP contribution is 2.39. The van der Waals surface area contributed by atoms with Gasteiger partial charge in [0.05, 0.1) is 6.10 Å². The number of methoxy groups -OCH3 is 1. The second-order valence-electron chi connectivity index (χ2n) is 6.04. The highest BCUT2D eigenvalue weighted by Gasteiger charge is 2.36. The van der Waals surface area contributed by atoms with Gasteiger partial charge >= 0.3 is 0 Å². The van der Waals surface area contributed by atoms with Gasteiger partial charge in [-0.05, 0) is 31.1 Å². The van der Waals surface area contributed by atoms with E-state index in [-0.39, 0.29) is 5.91 Å². The Morgan fingerprint density at radius 1 is 1.11 bits per heavy atom. The molecule has 0 aromatic rings. The van der Waals surface area contributed by atoms with Crippen LogP contribution in [0, 0.1) is 11.8 Å². The van der Waals surface area contributed by atoms with Crippen molar-refractivity contribution in [2.24, 2.45) is 11.8 Å². The Morgan fingerprint density at radius 3 is 2.44 bits per heavy atom. The van der Waals surface area contributed by atoms with Gasteiger partial charge in [0.2, 0.25) is 5.91 Å². The molecule has 2 aliphatic carbocycles. The van der Waals surface area contributed by atoms with Crippen molar-refractivity contribution in [2.75, 3.05) is 7.11 Å². The lowest BCUT2D eigenvalue weighted by molar-refractivity contribution is -0.121. The average molecular weight is 253 g/mol. The molecule has 2 fully saturated rings. The molecule has 0 unspecified atom stereocenters. The maximum atomic E-state index is 11.3. The van der Waals surface area contributed by atoms with E-state index in [4.69, 9.17) is 4.74 Å². The van der Waals surface area contributed by atoms with Gasteiger partial charge in [0.15, 0.2) is 0 Å². The van der Waals surface area contributed by atoms with Crippen molar-refractivity contribution in [3.05, 3.63) is 0 Å². The number of carbonyl (C=O) groups excluding carboxylic acids is 1. The molecule has 0 bridgehead atoms. The third-order valence-corrected chi connectivity index (χ3v) is 4.83. The summed E-state index contributed by atoms with van der Waals surface area (Å²) in [6.45, 7) is 1.64. The minimum absolute atomic E-state index is 0.122. The standard InChI is InChI=1S/C15H27NO2/c1-11(17)16-15-9-8-13(18-2)10-14(15)12-6-4-3-5-7-12/h12-15H,3-10H2,1-2H3,(H,16,17)/t13-,14-,15+/m1/s1. The van der Waals surface area contributed by atoms with Crippen LogP contribution in [0.2, 0.25) is 0 Å². The van der Waals surface area contributed by atoms with E-state index in [0.717, 1.165) is 25.2 Å². The number of hydrogen-bond donors (Lipinski definition) is 1. The number of amides is 1. The zero-order valence-electron chi connectivity index (χ0n) is 11.8. The summed E-state index contributed by atoms with van der Waals surface area (Å²) >= 11 is 0. The van der Waals surface area contributed by atoms with Crippen molar-refractivity contribution in [3.63, 3.8) is 0 Å². The summed E-state index contributed by atoms with van der Waals surface area (Å²) in [5.74, 6) is 1.55. The number of carbonyl (C=O) groups is 1. The fourth-order valence-corrected chi connectivity index (χ4v) is 3.90. The normalized spacial score (nSPS) is 34.2. The van der Waals surface area contributed by atoms with Crippen LogP contribution in [0.3, 0.4) is 0 Å². The predicted octanol–water partition coefficient (Wildman–Crippen LogP) is 2.89. The van der Waals surface area contributed by atoms with Gasteiger partial charge in [-0.2, -0.15) is 0 Å². The first kappa shape index (κ1) is 13.9. The van der Waals surface area contributed by atoms with E-state index < -0.39 is 0 Å². The Balaban J connectivity index is 2.00. The van der Waals surface area contributed by atoms with Gasteiger partial charge in [0.1, 0.15) is 0 Å². The molecule has 0 radical (unpaired) electrons. The Labute approximate surface area is 111 Å². The number of nitrogens with one attached hydrogen (secondary N) is 1. The van der Waals surface area contributed by atoms with Gasteiger partial charge < -0.3 is 10.1 Å². The zero-order valence-corrected chi connectivity index (χ0v) is 11.8. The second-order valence-corrected chi connectivity index (χ2v) is 6.04. The Hall–Kier alpha value is -0.570. The molecule has 18 heavy (non-hydrogen) atoms. The van der Waals surface area contributed by atoms with Crippen molar-refractivity contribution in [2.45, 2.75) is 70.4 Å². The number of hydrogen-bond acceptors (Lipinski definition) is 2. The summed E-state index contributed by atoms with van der Waals surface area (Å²) in [5, 5.41) is 3.18. The molecule has 104 valence electrons. The summed E-state index contributed by atoms with van der Waals surface area (Å²) in [5.41, 5.74) is 0. The van der Waals surface area contributed by atoms with E-state index in [2.05, 4.69) is 5.32 Å². The fraction of sp³-hybridized carbons (Fsp3) is 0.933. The van der Waals surface area contributed by atoms with E-state index in [1.165, 1.54) is 32.1 Å². The van der Waals surface area contributed by atoms with Gasteiger partial charge in [-0.3, -0.25) is 4.79 Å².